The van der Waals surface area contributed by atoms with Crippen LogP contribution >= 0.6 is 12.2 Å². The SMILES string of the molecule is CCOc1cc(/C=N/n2cn[nH]c2=S)cc([N+](=O)[O-])c1[O-]. The van der Waals surface area contributed by atoms with Gasteiger partial charge in [-0.1, -0.05) is 0 Å². The Bertz CT molecular complexity index is 751. The molecule has 2 rings (SSSR count). The minimum absolute atomic E-state index is 0.0936. The zero-order chi connectivity index (χ0) is 15.4. The van der Waals surface area contributed by atoms with Gasteiger partial charge in [-0.25, -0.2) is 0 Å². The summed E-state index contributed by atoms with van der Waals surface area (Å²) < 4.78 is 6.64. The lowest BCUT2D eigenvalue weighted by molar-refractivity contribution is -0.398. The van der Waals surface area contributed by atoms with E-state index in [4.69, 9.17) is 17.0 Å². The molecule has 9 nitrogen and oxygen atoms in total. The van der Waals surface area contributed by atoms with Crippen molar-refractivity contribution in [3.63, 3.8) is 0 Å². The molecule has 1 N–H and O–H groups in total. The highest BCUT2D eigenvalue weighted by Gasteiger charge is 2.13. The molecule has 0 saturated carbocycles. The highest BCUT2D eigenvalue weighted by atomic mass is 32.1. The van der Waals surface area contributed by atoms with Gasteiger partial charge >= 0.3 is 0 Å². The Kier molecular flexibility index (Phi) is 4.28. The summed E-state index contributed by atoms with van der Waals surface area (Å²) in [5.74, 6) is -0.858. The van der Waals surface area contributed by atoms with Crippen LogP contribution in [0.5, 0.6) is 11.5 Å². The molecular formula is C11H10N5O4S-. The molecule has 0 aliphatic rings. The number of nitrogens with zero attached hydrogens (tertiary/aromatic N) is 4. The summed E-state index contributed by atoms with van der Waals surface area (Å²) in [6.07, 6.45) is 2.67. The minimum atomic E-state index is -0.765. The molecule has 0 fully saturated rings. The fraction of sp³-hybridized carbons (Fsp3) is 0.182. The summed E-state index contributed by atoms with van der Waals surface area (Å²) in [5.41, 5.74) is -0.231. The third kappa shape index (κ3) is 3.23. The van der Waals surface area contributed by atoms with Crippen LogP contribution < -0.4 is 9.84 Å². The molecule has 10 heteroatoms. The van der Waals surface area contributed by atoms with Crippen LogP contribution in [0.25, 0.3) is 0 Å². The Hall–Kier alpha value is -2.75. The fourth-order valence-electron chi connectivity index (χ4n) is 1.53. The Morgan fingerprint density at radius 2 is 2.38 bits per heavy atom. The number of nitrogens with one attached hydrogen (secondary N) is 1. The van der Waals surface area contributed by atoms with Crippen molar-refractivity contribution < 1.29 is 14.8 Å². The van der Waals surface area contributed by atoms with Gasteiger partial charge in [0.25, 0.3) is 5.69 Å². The van der Waals surface area contributed by atoms with Gasteiger partial charge in [0.1, 0.15) is 12.1 Å². The number of hydrogen-bond acceptors (Lipinski definition) is 7. The molecule has 0 spiro atoms. The van der Waals surface area contributed by atoms with Crippen LogP contribution in [0, 0.1) is 14.9 Å². The molecule has 0 saturated heterocycles. The van der Waals surface area contributed by atoms with E-state index >= 15 is 0 Å². The van der Waals surface area contributed by atoms with E-state index in [2.05, 4.69) is 15.3 Å². The van der Waals surface area contributed by atoms with E-state index < -0.39 is 16.4 Å². The lowest BCUT2D eigenvalue weighted by Gasteiger charge is -2.14. The predicted octanol–water partition coefficient (Wildman–Crippen LogP) is 1.20. The molecule has 1 aromatic heterocycles. The number of hydrogen-bond donors (Lipinski definition) is 1. The minimum Gasteiger partial charge on any atom is -0.865 e. The largest absolute Gasteiger partial charge is 0.865 e. The first-order chi connectivity index (χ1) is 10.0. The lowest BCUT2D eigenvalue weighted by Crippen LogP contribution is -2.04. The number of aromatic nitrogens is 3. The zero-order valence-electron chi connectivity index (χ0n) is 10.8. The van der Waals surface area contributed by atoms with E-state index in [0.29, 0.717) is 5.56 Å². The molecule has 0 amide bonds. The lowest BCUT2D eigenvalue weighted by atomic mass is 10.2. The molecule has 0 unspecified atom stereocenters. The first-order valence-electron chi connectivity index (χ1n) is 5.81. The van der Waals surface area contributed by atoms with E-state index in [-0.39, 0.29) is 17.1 Å². The van der Waals surface area contributed by atoms with Crippen molar-refractivity contribution in [3.05, 3.63) is 38.9 Å². The Morgan fingerprint density at radius 1 is 1.62 bits per heavy atom. The maximum absolute atomic E-state index is 11.8. The Morgan fingerprint density at radius 3 is 2.95 bits per heavy atom. The van der Waals surface area contributed by atoms with Crippen molar-refractivity contribution in [1.82, 2.24) is 14.9 Å². The Labute approximate surface area is 123 Å². The van der Waals surface area contributed by atoms with Crippen LogP contribution in [-0.4, -0.2) is 32.6 Å². The second-order valence-electron chi connectivity index (χ2n) is 3.81. The average molecular weight is 308 g/mol. The third-order valence-corrected chi connectivity index (χ3v) is 2.70. The van der Waals surface area contributed by atoms with Gasteiger partial charge in [0, 0.05) is 17.4 Å². The Balaban J connectivity index is 2.44. The molecule has 110 valence electrons. The van der Waals surface area contributed by atoms with Crippen LogP contribution in [0.15, 0.2) is 23.6 Å². The van der Waals surface area contributed by atoms with Crippen molar-refractivity contribution in [2.75, 3.05) is 6.61 Å². The average Bonchev–Trinajstić information content (AvgIpc) is 2.85. The van der Waals surface area contributed by atoms with Gasteiger partial charge in [-0.3, -0.25) is 15.2 Å². The summed E-state index contributed by atoms with van der Waals surface area (Å²) in [6.45, 7) is 1.90. The van der Waals surface area contributed by atoms with Crippen molar-refractivity contribution in [1.29, 1.82) is 0 Å². The van der Waals surface area contributed by atoms with Crippen molar-refractivity contribution in [2.45, 2.75) is 6.92 Å². The molecule has 0 radical (unpaired) electrons. The van der Waals surface area contributed by atoms with Crippen molar-refractivity contribution in [2.24, 2.45) is 5.10 Å². The van der Waals surface area contributed by atoms with Gasteiger partial charge in [0.05, 0.1) is 17.7 Å². The maximum atomic E-state index is 11.8. The number of aromatic amines is 1. The molecule has 21 heavy (non-hydrogen) atoms. The molecule has 0 aliphatic heterocycles. The number of H-pyrrole nitrogens is 1. The smallest absolute Gasteiger partial charge is 0.266 e. The van der Waals surface area contributed by atoms with E-state index in [1.807, 2.05) is 0 Å². The molecule has 0 bridgehead atoms. The normalized spacial score (nSPS) is 10.9. The maximum Gasteiger partial charge on any atom is 0.266 e. The monoisotopic (exact) mass is 308 g/mol. The highest BCUT2D eigenvalue weighted by Crippen LogP contribution is 2.34. The van der Waals surface area contributed by atoms with E-state index in [9.17, 15) is 15.2 Å². The fourth-order valence-corrected chi connectivity index (χ4v) is 1.68. The first kappa shape index (κ1) is 14.7. The summed E-state index contributed by atoms with van der Waals surface area (Å²) in [4.78, 5) is 10.1. The van der Waals surface area contributed by atoms with E-state index in [1.54, 1.807) is 6.92 Å². The highest BCUT2D eigenvalue weighted by molar-refractivity contribution is 7.71. The van der Waals surface area contributed by atoms with Gasteiger partial charge in [0.15, 0.2) is 0 Å². The number of nitro benzene ring substituents is 1. The van der Waals surface area contributed by atoms with Gasteiger partial charge in [-0.05, 0) is 25.2 Å². The van der Waals surface area contributed by atoms with Crippen molar-refractivity contribution in [3.8, 4) is 11.5 Å². The molecule has 0 atom stereocenters. The topological polar surface area (TPSA) is 121 Å². The summed E-state index contributed by atoms with van der Waals surface area (Å²) >= 11 is 4.90. The second kappa shape index (κ2) is 6.13. The molecule has 1 heterocycles. The molecule has 0 aliphatic carbocycles. The van der Waals surface area contributed by atoms with Crippen LogP contribution in [0.4, 0.5) is 5.69 Å². The number of ether oxygens (including phenoxy) is 1. The quantitative estimate of drug-likeness (QED) is 0.383. The van der Waals surface area contributed by atoms with E-state index in [1.165, 1.54) is 23.3 Å². The molecular weight excluding hydrogens is 298 g/mol. The van der Waals surface area contributed by atoms with Crippen LogP contribution in [0.2, 0.25) is 0 Å². The van der Waals surface area contributed by atoms with Crippen LogP contribution in [-0.2, 0) is 0 Å². The van der Waals surface area contributed by atoms with Crippen molar-refractivity contribution >= 4 is 24.1 Å². The summed E-state index contributed by atoms with van der Waals surface area (Å²) in [7, 11) is 0. The number of benzene rings is 1. The van der Waals surface area contributed by atoms with Gasteiger partial charge < -0.3 is 9.84 Å². The summed E-state index contributed by atoms with van der Waals surface area (Å²) in [5, 5.41) is 32.8. The van der Waals surface area contributed by atoms with Gasteiger partial charge in [-0.2, -0.15) is 14.9 Å². The van der Waals surface area contributed by atoms with Crippen LogP contribution in [0.1, 0.15) is 12.5 Å². The zero-order valence-corrected chi connectivity index (χ0v) is 11.7. The number of rotatable bonds is 5. The first-order valence-corrected chi connectivity index (χ1v) is 6.22. The summed E-state index contributed by atoms with van der Waals surface area (Å²) in [6, 6.07) is 2.50. The molecule has 1 aromatic carbocycles. The third-order valence-electron chi connectivity index (χ3n) is 2.42. The van der Waals surface area contributed by atoms with E-state index in [0.717, 1.165) is 6.07 Å². The van der Waals surface area contributed by atoms with Gasteiger partial charge in [0.2, 0.25) is 4.77 Å². The molecule has 2 aromatic rings. The van der Waals surface area contributed by atoms with Gasteiger partial charge in [-0.15, -0.1) is 0 Å². The predicted molar refractivity (Wildman–Crippen MR) is 74.1 cm³/mol. The number of nitro groups is 1. The standard InChI is InChI=1S/C11H11N5O4S/c1-2-20-9-4-7(3-8(10(9)17)16(18)19)5-13-15-6-12-14-11(15)21/h3-6,17H,2H2,1H3,(H,14,21)/p-1/b13-5+. The second-order valence-corrected chi connectivity index (χ2v) is 4.19. The van der Waals surface area contributed by atoms with Crippen LogP contribution in [0.3, 0.4) is 0 Å².